The first-order chi connectivity index (χ1) is 22.8. The van der Waals surface area contributed by atoms with E-state index in [0.29, 0.717) is 6.61 Å². The first kappa shape index (κ1) is 31.2. The molecule has 1 N–H and O–H groups in total. The minimum Gasteiger partial charge on any atom is -0.361 e. The number of benzene rings is 6. The molecule has 0 aromatic heterocycles. The Morgan fingerprint density at radius 1 is 0.348 bits per heavy atom. The van der Waals surface area contributed by atoms with E-state index in [0.717, 1.165) is 48.9 Å². The molecule has 0 saturated heterocycles. The molecule has 0 amide bonds. The summed E-state index contributed by atoms with van der Waals surface area (Å²) >= 11 is 0. The predicted octanol–water partition coefficient (Wildman–Crippen LogP) is 10.1. The van der Waals surface area contributed by atoms with Gasteiger partial charge in [-0.05, 0) is 52.8 Å². The average Bonchev–Trinajstić information content (AvgIpc) is 3.15. The lowest BCUT2D eigenvalue weighted by Crippen LogP contribution is -2.45. The highest BCUT2D eigenvalue weighted by molar-refractivity contribution is 5.50. The molecule has 0 aliphatic rings. The SMILES string of the molecule is c1ccc(C(NCCCCCCOC(c2ccccc2)(c2ccccc2)c2ccccc2)(c2ccccc2)c2ccccc2)cc1. The van der Waals surface area contributed by atoms with Crippen LogP contribution in [0.5, 0.6) is 0 Å². The lowest BCUT2D eigenvalue weighted by atomic mass is 9.77. The third kappa shape index (κ3) is 6.74. The Hall–Kier alpha value is -4.76. The molecule has 0 aliphatic heterocycles. The molecule has 6 aromatic rings. The molecule has 46 heavy (non-hydrogen) atoms. The molecule has 6 rings (SSSR count). The van der Waals surface area contributed by atoms with Crippen molar-refractivity contribution in [1.82, 2.24) is 5.32 Å². The summed E-state index contributed by atoms with van der Waals surface area (Å²) in [5.74, 6) is 0. The molecule has 0 fully saturated rings. The molecule has 0 heterocycles. The molecule has 2 heteroatoms. The quantitative estimate of drug-likeness (QED) is 0.0934. The second-order valence-corrected chi connectivity index (χ2v) is 11.8. The van der Waals surface area contributed by atoms with Crippen molar-refractivity contribution in [2.24, 2.45) is 0 Å². The highest BCUT2D eigenvalue weighted by Gasteiger charge is 2.37. The van der Waals surface area contributed by atoms with Gasteiger partial charge >= 0.3 is 0 Å². The molecule has 2 nitrogen and oxygen atoms in total. The molecule has 0 bridgehead atoms. The molecule has 0 saturated carbocycles. The van der Waals surface area contributed by atoms with Gasteiger partial charge in [0.25, 0.3) is 0 Å². The van der Waals surface area contributed by atoms with E-state index in [1.807, 2.05) is 0 Å². The highest BCUT2D eigenvalue weighted by Crippen LogP contribution is 2.41. The number of hydrogen-bond donors (Lipinski definition) is 1. The average molecular weight is 602 g/mol. The monoisotopic (exact) mass is 601 g/mol. The van der Waals surface area contributed by atoms with E-state index in [9.17, 15) is 0 Å². The van der Waals surface area contributed by atoms with Crippen molar-refractivity contribution in [1.29, 1.82) is 0 Å². The van der Waals surface area contributed by atoms with Gasteiger partial charge in [-0.2, -0.15) is 0 Å². The normalized spacial score (nSPS) is 11.7. The Kier molecular flexibility index (Phi) is 10.5. The molecule has 0 unspecified atom stereocenters. The molecule has 0 spiro atoms. The molecular weight excluding hydrogens is 558 g/mol. The fourth-order valence-corrected chi connectivity index (χ4v) is 6.72. The van der Waals surface area contributed by atoms with Crippen LogP contribution in [0.15, 0.2) is 182 Å². The van der Waals surface area contributed by atoms with Crippen molar-refractivity contribution in [3.63, 3.8) is 0 Å². The Balaban J connectivity index is 1.14. The van der Waals surface area contributed by atoms with Crippen molar-refractivity contribution >= 4 is 0 Å². The van der Waals surface area contributed by atoms with Crippen molar-refractivity contribution < 1.29 is 4.74 Å². The Labute approximate surface area is 274 Å². The standard InChI is InChI=1S/C44H43NO/c1(21-35-45-43(37-23-9-3-10-24-37,38-25-11-4-12-26-38)39-27-13-5-14-28-39)2-22-36-46-44(40-29-15-6-16-30-40,41-31-17-7-18-32-41)42-33-19-8-20-34-42/h3-20,23-34,45H,1-2,21-22,35-36H2. The first-order valence-electron chi connectivity index (χ1n) is 16.6. The van der Waals surface area contributed by atoms with Crippen LogP contribution >= 0.6 is 0 Å². The third-order valence-electron chi connectivity index (χ3n) is 8.94. The van der Waals surface area contributed by atoms with Gasteiger partial charge in [-0.1, -0.05) is 195 Å². The maximum Gasteiger partial charge on any atom is 0.143 e. The minimum absolute atomic E-state index is 0.423. The van der Waals surface area contributed by atoms with Gasteiger partial charge in [-0.15, -0.1) is 0 Å². The second kappa shape index (κ2) is 15.5. The minimum atomic E-state index is -0.661. The molecule has 0 aliphatic carbocycles. The zero-order chi connectivity index (χ0) is 31.3. The van der Waals surface area contributed by atoms with Gasteiger partial charge < -0.3 is 4.74 Å². The Morgan fingerprint density at radius 2 is 0.652 bits per heavy atom. The molecular formula is C44H43NO. The third-order valence-corrected chi connectivity index (χ3v) is 8.94. The van der Waals surface area contributed by atoms with Crippen LogP contribution in [0.4, 0.5) is 0 Å². The molecule has 230 valence electrons. The zero-order valence-electron chi connectivity index (χ0n) is 26.5. The number of hydrogen-bond acceptors (Lipinski definition) is 2. The summed E-state index contributed by atoms with van der Waals surface area (Å²) in [5.41, 5.74) is 6.11. The van der Waals surface area contributed by atoms with Crippen LogP contribution in [0.2, 0.25) is 0 Å². The molecule has 0 atom stereocenters. The summed E-state index contributed by atoms with van der Waals surface area (Å²) in [5, 5.41) is 4.03. The Morgan fingerprint density at radius 3 is 1.00 bits per heavy atom. The van der Waals surface area contributed by atoms with Crippen LogP contribution in [0.1, 0.15) is 59.1 Å². The first-order valence-corrected chi connectivity index (χ1v) is 16.6. The van der Waals surface area contributed by atoms with E-state index in [2.05, 4.69) is 187 Å². The van der Waals surface area contributed by atoms with Gasteiger partial charge in [0, 0.05) is 6.61 Å². The fraction of sp³-hybridized carbons (Fsp3) is 0.182. The molecule has 6 aromatic carbocycles. The molecule has 0 radical (unpaired) electrons. The van der Waals surface area contributed by atoms with E-state index < -0.39 is 11.1 Å². The summed E-state index contributed by atoms with van der Waals surface area (Å²) in [6.07, 6.45) is 4.30. The zero-order valence-corrected chi connectivity index (χ0v) is 26.5. The maximum absolute atomic E-state index is 7.01. The van der Waals surface area contributed by atoms with Gasteiger partial charge in [0.1, 0.15) is 5.60 Å². The summed E-state index contributed by atoms with van der Waals surface area (Å²) in [4.78, 5) is 0. The van der Waals surface area contributed by atoms with Crippen molar-refractivity contribution in [3.05, 3.63) is 215 Å². The van der Waals surface area contributed by atoms with Crippen LogP contribution in [-0.4, -0.2) is 13.2 Å². The van der Waals surface area contributed by atoms with Gasteiger partial charge in [0.15, 0.2) is 0 Å². The number of unbranched alkanes of at least 4 members (excludes halogenated alkanes) is 3. The topological polar surface area (TPSA) is 21.3 Å². The number of nitrogens with one attached hydrogen (secondary N) is 1. The van der Waals surface area contributed by atoms with E-state index in [1.54, 1.807) is 0 Å². The van der Waals surface area contributed by atoms with E-state index in [1.165, 1.54) is 16.7 Å². The second-order valence-electron chi connectivity index (χ2n) is 11.8. The van der Waals surface area contributed by atoms with Crippen molar-refractivity contribution in [3.8, 4) is 0 Å². The largest absolute Gasteiger partial charge is 0.361 e. The summed E-state index contributed by atoms with van der Waals surface area (Å²) in [6, 6.07) is 64.5. The van der Waals surface area contributed by atoms with Gasteiger partial charge in [-0.25, -0.2) is 0 Å². The highest BCUT2D eigenvalue weighted by atomic mass is 16.5. The summed E-state index contributed by atoms with van der Waals surface area (Å²) in [6.45, 7) is 1.58. The smallest absolute Gasteiger partial charge is 0.143 e. The van der Waals surface area contributed by atoms with Gasteiger partial charge in [0.2, 0.25) is 0 Å². The summed E-state index contributed by atoms with van der Waals surface area (Å²) < 4.78 is 7.01. The van der Waals surface area contributed by atoms with Crippen LogP contribution in [0.3, 0.4) is 0 Å². The van der Waals surface area contributed by atoms with Crippen molar-refractivity contribution in [2.75, 3.05) is 13.2 Å². The predicted molar refractivity (Wildman–Crippen MR) is 191 cm³/mol. The maximum atomic E-state index is 7.01. The fourth-order valence-electron chi connectivity index (χ4n) is 6.72. The summed E-state index contributed by atoms with van der Waals surface area (Å²) in [7, 11) is 0. The van der Waals surface area contributed by atoms with Gasteiger partial charge in [-0.3, -0.25) is 5.32 Å². The number of ether oxygens (including phenoxy) is 1. The van der Waals surface area contributed by atoms with Crippen molar-refractivity contribution in [2.45, 2.75) is 36.8 Å². The number of rotatable bonds is 15. The van der Waals surface area contributed by atoms with Crippen LogP contribution in [0, 0.1) is 0 Å². The van der Waals surface area contributed by atoms with E-state index >= 15 is 0 Å². The van der Waals surface area contributed by atoms with Crippen LogP contribution in [-0.2, 0) is 15.9 Å². The van der Waals surface area contributed by atoms with Crippen LogP contribution < -0.4 is 5.32 Å². The lowest BCUT2D eigenvalue weighted by Gasteiger charge is -2.37. The lowest BCUT2D eigenvalue weighted by molar-refractivity contribution is 0.0106. The van der Waals surface area contributed by atoms with Crippen LogP contribution in [0.25, 0.3) is 0 Å². The van der Waals surface area contributed by atoms with E-state index in [-0.39, 0.29) is 0 Å². The Bertz CT molecular complexity index is 1380. The van der Waals surface area contributed by atoms with E-state index in [4.69, 9.17) is 4.74 Å². The van der Waals surface area contributed by atoms with Gasteiger partial charge in [0.05, 0.1) is 5.54 Å².